The average molecular weight is 255 g/mol. The van der Waals surface area contributed by atoms with Crippen molar-refractivity contribution in [3.63, 3.8) is 0 Å². The summed E-state index contributed by atoms with van der Waals surface area (Å²) in [6, 6.07) is -0.0307. The monoisotopic (exact) mass is 255 g/mol. The number of carbonyl (C=O) groups is 2. The Hall–Kier alpha value is -1.10. The average Bonchev–Trinajstić information content (AvgIpc) is 3.06. The van der Waals surface area contributed by atoms with Gasteiger partial charge in [-0.25, -0.2) is 0 Å². The van der Waals surface area contributed by atoms with E-state index in [-0.39, 0.29) is 11.8 Å². The van der Waals surface area contributed by atoms with E-state index < -0.39 is 6.04 Å². The number of carbonyl (C=O) groups excluding carboxylic acids is 2. The maximum absolute atomic E-state index is 11.6. The van der Waals surface area contributed by atoms with Gasteiger partial charge in [-0.15, -0.1) is 0 Å². The predicted octanol–water partition coefficient (Wildman–Crippen LogP) is 0.535. The SMILES string of the molecule is CC(C)C[C@@H](N)C(=O)NCCCC(=O)NC1CC1. The third-order valence-electron chi connectivity index (χ3n) is 2.88. The van der Waals surface area contributed by atoms with Crippen LogP contribution < -0.4 is 16.4 Å². The van der Waals surface area contributed by atoms with E-state index in [0.29, 0.717) is 37.8 Å². The lowest BCUT2D eigenvalue weighted by Crippen LogP contribution is -2.41. The number of nitrogens with one attached hydrogen (secondary N) is 2. The topological polar surface area (TPSA) is 84.2 Å². The summed E-state index contributed by atoms with van der Waals surface area (Å²) in [5.41, 5.74) is 5.74. The van der Waals surface area contributed by atoms with Crippen molar-refractivity contribution in [3.05, 3.63) is 0 Å². The van der Waals surface area contributed by atoms with E-state index in [1.165, 1.54) is 0 Å². The molecule has 0 unspecified atom stereocenters. The molecule has 0 bridgehead atoms. The molecule has 18 heavy (non-hydrogen) atoms. The van der Waals surface area contributed by atoms with E-state index in [9.17, 15) is 9.59 Å². The van der Waals surface area contributed by atoms with Crippen LogP contribution in [0.4, 0.5) is 0 Å². The van der Waals surface area contributed by atoms with Crippen molar-refractivity contribution >= 4 is 11.8 Å². The minimum Gasteiger partial charge on any atom is -0.355 e. The van der Waals surface area contributed by atoms with Crippen LogP contribution in [-0.4, -0.2) is 30.4 Å². The van der Waals surface area contributed by atoms with Gasteiger partial charge in [-0.1, -0.05) is 13.8 Å². The second-order valence-corrected chi connectivity index (χ2v) is 5.47. The van der Waals surface area contributed by atoms with Crippen LogP contribution >= 0.6 is 0 Å². The van der Waals surface area contributed by atoms with E-state index in [2.05, 4.69) is 10.6 Å². The van der Waals surface area contributed by atoms with Crippen molar-refractivity contribution in [2.24, 2.45) is 11.7 Å². The maximum atomic E-state index is 11.6. The summed E-state index contributed by atoms with van der Waals surface area (Å²) in [6.45, 7) is 4.59. The fourth-order valence-corrected chi connectivity index (χ4v) is 1.73. The molecule has 1 rings (SSSR count). The normalized spacial score (nSPS) is 16.4. The summed E-state index contributed by atoms with van der Waals surface area (Å²) in [6.07, 6.45) is 4.03. The standard InChI is InChI=1S/C13H25N3O2/c1-9(2)8-11(14)13(18)15-7-3-4-12(17)16-10-5-6-10/h9-11H,3-8,14H2,1-2H3,(H,15,18)(H,16,17)/t11-/m1/s1. The Labute approximate surface area is 109 Å². The first-order valence-electron chi connectivity index (χ1n) is 6.81. The zero-order valence-electron chi connectivity index (χ0n) is 11.4. The first-order chi connectivity index (χ1) is 8.49. The van der Waals surface area contributed by atoms with Crippen molar-refractivity contribution in [2.75, 3.05) is 6.54 Å². The van der Waals surface area contributed by atoms with Gasteiger partial charge in [0.25, 0.3) is 0 Å². The molecular weight excluding hydrogens is 230 g/mol. The van der Waals surface area contributed by atoms with Gasteiger partial charge in [-0.05, 0) is 31.6 Å². The Morgan fingerprint density at radius 3 is 2.56 bits per heavy atom. The third-order valence-corrected chi connectivity index (χ3v) is 2.88. The first-order valence-corrected chi connectivity index (χ1v) is 6.81. The van der Waals surface area contributed by atoms with Crippen LogP contribution in [0.25, 0.3) is 0 Å². The molecule has 1 fully saturated rings. The molecule has 0 radical (unpaired) electrons. The Kier molecular flexibility index (Phi) is 6.12. The van der Waals surface area contributed by atoms with E-state index in [1.54, 1.807) is 0 Å². The second-order valence-electron chi connectivity index (χ2n) is 5.47. The van der Waals surface area contributed by atoms with Gasteiger partial charge in [-0.2, -0.15) is 0 Å². The van der Waals surface area contributed by atoms with Crippen molar-refractivity contribution in [1.29, 1.82) is 0 Å². The summed E-state index contributed by atoms with van der Waals surface area (Å²) >= 11 is 0. The molecule has 5 heteroatoms. The summed E-state index contributed by atoms with van der Waals surface area (Å²) in [5.74, 6) is 0.375. The van der Waals surface area contributed by atoms with Crippen molar-refractivity contribution in [2.45, 2.75) is 58.0 Å². The maximum Gasteiger partial charge on any atom is 0.236 e. The lowest BCUT2D eigenvalue weighted by Gasteiger charge is -2.13. The van der Waals surface area contributed by atoms with Crippen LogP contribution in [0.5, 0.6) is 0 Å². The molecule has 1 atom stereocenters. The molecule has 104 valence electrons. The zero-order valence-corrected chi connectivity index (χ0v) is 11.4. The fraction of sp³-hybridized carbons (Fsp3) is 0.846. The predicted molar refractivity (Wildman–Crippen MR) is 70.8 cm³/mol. The van der Waals surface area contributed by atoms with Gasteiger partial charge in [0.15, 0.2) is 0 Å². The van der Waals surface area contributed by atoms with Crippen LogP contribution in [0.1, 0.15) is 46.0 Å². The Morgan fingerprint density at radius 2 is 2.00 bits per heavy atom. The largest absolute Gasteiger partial charge is 0.355 e. The molecule has 0 aromatic carbocycles. The Morgan fingerprint density at radius 1 is 1.33 bits per heavy atom. The summed E-state index contributed by atoms with van der Waals surface area (Å²) in [5, 5.41) is 5.68. The Bertz CT molecular complexity index is 288. The van der Waals surface area contributed by atoms with Crippen LogP contribution in [0.15, 0.2) is 0 Å². The highest BCUT2D eigenvalue weighted by Crippen LogP contribution is 2.18. The molecule has 5 nitrogen and oxygen atoms in total. The molecule has 0 aromatic heterocycles. The number of rotatable bonds is 8. The minimum atomic E-state index is -0.440. The molecule has 4 N–H and O–H groups in total. The number of hydrogen-bond donors (Lipinski definition) is 3. The molecule has 0 saturated heterocycles. The quantitative estimate of drug-likeness (QED) is 0.553. The molecule has 0 spiro atoms. The summed E-state index contributed by atoms with van der Waals surface area (Å²) in [7, 11) is 0. The van der Waals surface area contributed by atoms with E-state index in [1.807, 2.05) is 13.8 Å². The van der Waals surface area contributed by atoms with Gasteiger partial charge in [0.05, 0.1) is 6.04 Å². The summed E-state index contributed by atoms with van der Waals surface area (Å²) in [4.78, 5) is 22.9. The summed E-state index contributed by atoms with van der Waals surface area (Å²) < 4.78 is 0. The van der Waals surface area contributed by atoms with Gasteiger partial charge in [0, 0.05) is 19.0 Å². The lowest BCUT2D eigenvalue weighted by molar-refractivity contribution is -0.123. The van der Waals surface area contributed by atoms with Gasteiger partial charge in [-0.3, -0.25) is 9.59 Å². The first kappa shape index (κ1) is 15.0. The van der Waals surface area contributed by atoms with Crippen LogP contribution in [0, 0.1) is 5.92 Å². The van der Waals surface area contributed by atoms with Crippen LogP contribution in [0.3, 0.4) is 0 Å². The van der Waals surface area contributed by atoms with Gasteiger partial charge in [0.1, 0.15) is 0 Å². The lowest BCUT2D eigenvalue weighted by atomic mass is 10.0. The fourth-order valence-electron chi connectivity index (χ4n) is 1.73. The number of hydrogen-bond acceptors (Lipinski definition) is 3. The third kappa shape index (κ3) is 6.59. The van der Waals surface area contributed by atoms with Crippen molar-refractivity contribution in [1.82, 2.24) is 10.6 Å². The van der Waals surface area contributed by atoms with Gasteiger partial charge in [0.2, 0.25) is 11.8 Å². The number of amides is 2. The van der Waals surface area contributed by atoms with Gasteiger partial charge >= 0.3 is 0 Å². The van der Waals surface area contributed by atoms with Crippen LogP contribution in [-0.2, 0) is 9.59 Å². The van der Waals surface area contributed by atoms with Crippen LogP contribution in [0.2, 0.25) is 0 Å². The highest BCUT2D eigenvalue weighted by Gasteiger charge is 2.22. The van der Waals surface area contributed by atoms with Crippen molar-refractivity contribution < 1.29 is 9.59 Å². The van der Waals surface area contributed by atoms with Gasteiger partial charge < -0.3 is 16.4 Å². The molecule has 0 heterocycles. The zero-order chi connectivity index (χ0) is 13.5. The molecule has 1 aliphatic carbocycles. The molecule has 1 saturated carbocycles. The van der Waals surface area contributed by atoms with E-state index >= 15 is 0 Å². The smallest absolute Gasteiger partial charge is 0.236 e. The second kappa shape index (κ2) is 7.36. The van der Waals surface area contributed by atoms with E-state index in [4.69, 9.17) is 5.73 Å². The molecule has 0 aromatic rings. The molecule has 0 aliphatic heterocycles. The van der Waals surface area contributed by atoms with Crippen molar-refractivity contribution in [3.8, 4) is 0 Å². The highest BCUT2D eigenvalue weighted by molar-refractivity contribution is 5.81. The molecular formula is C13H25N3O2. The molecule has 1 aliphatic rings. The number of nitrogens with two attached hydrogens (primary N) is 1. The minimum absolute atomic E-state index is 0.0817. The Balaban J connectivity index is 2.02. The highest BCUT2D eigenvalue weighted by atomic mass is 16.2. The molecule has 2 amide bonds. The van der Waals surface area contributed by atoms with E-state index in [0.717, 1.165) is 12.8 Å².